The van der Waals surface area contributed by atoms with Crippen molar-refractivity contribution in [3.8, 4) is 0 Å². The van der Waals surface area contributed by atoms with E-state index in [1.807, 2.05) is 37.3 Å². The third-order valence-corrected chi connectivity index (χ3v) is 2.89. The highest BCUT2D eigenvalue weighted by atomic mass is 16.3. The molecule has 1 aromatic carbocycles. The van der Waals surface area contributed by atoms with Gasteiger partial charge in [0.25, 0.3) is 0 Å². The predicted octanol–water partition coefficient (Wildman–Crippen LogP) is 1.18. The molecular formula is C15H24N2O2. The number of likely N-dealkylation sites (N-methyl/N-ethyl adjacent to an activating group) is 1. The first-order valence-corrected chi connectivity index (χ1v) is 6.64. The van der Waals surface area contributed by atoms with Crippen molar-refractivity contribution in [1.29, 1.82) is 0 Å². The summed E-state index contributed by atoms with van der Waals surface area (Å²) in [5.41, 5.74) is 6.11. The zero-order chi connectivity index (χ0) is 14.5. The van der Waals surface area contributed by atoms with Crippen molar-refractivity contribution in [2.75, 3.05) is 13.1 Å². The SMILES string of the molecule is CCN(CC(C)(C)O)C(=O)[C@@H](N)Cc1ccccc1. The topological polar surface area (TPSA) is 66.6 Å². The molecule has 106 valence electrons. The third kappa shape index (κ3) is 5.41. The molecule has 0 fully saturated rings. The molecule has 1 rings (SSSR count). The van der Waals surface area contributed by atoms with Gasteiger partial charge < -0.3 is 15.7 Å². The minimum Gasteiger partial charge on any atom is -0.389 e. The Morgan fingerprint density at radius 3 is 2.42 bits per heavy atom. The molecular weight excluding hydrogens is 240 g/mol. The fraction of sp³-hybridized carbons (Fsp3) is 0.533. The number of amides is 1. The molecule has 0 heterocycles. The lowest BCUT2D eigenvalue weighted by Crippen LogP contribution is -2.49. The summed E-state index contributed by atoms with van der Waals surface area (Å²) in [6.45, 7) is 6.10. The minimum absolute atomic E-state index is 0.117. The van der Waals surface area contributed by atoms with Crippen molar-refractivity contribution >= 4 is 5.91 Å². The van der Waals surface area contributed by atoms with E-state index >= 15 is 0 Å². The van der Waals surface area contributed by atoms with E-state index in [4.69, 9.17) is 5.73 Å². The quantitative estimate of drug-likeness (QED) is 0.810. The van der Waals surface area contributed by atoms with Crippen LogP contribution in [0.1, 0.15) is 26.3 Å². The van der Waals surface area contributed by atoms with Gasteiger partial charge in [0.1, 0.15) is 0 Å². The second-order valence-electron chi connectivity index (χ2n) is 5.46. The highest BCUT2D eigenvalue weighted by molar-refractivity contribution is 5.82. The fourth-order valence-electron chi connectivity index (χ4n) is 2.00. The molecule has 3 N–H and O–H groups in total. The maximum absolute atomic E-state index is 12.2. The first-order valence-electron chi connectivity index (χ1n) is 6.64. The van der Waals surface area contributed by atoms with Crippen LogP contribution < -0.4 is 5.73 Å². The normalized spacial score (nSPS) is 13.1. The highest BCUT2D eigenvalue weighted by Gasteiger charge is 2.25. The van der Waals surface area contributed by atoms with Crippen molar-refractivity contribution in [1.82, 2.24) is 4.90 Å². The van der Waals surface area contributed by atoms with E-state index < -0.39 is 11.6 Å². The number of rotatable bonds is 6. The molecule has 0 aliphatic rings. The van der Waals surface area contributed by atoms with Crippen LogP contribution in [0.5, 0.6) is 0 Å². The Kier molecular flexibility index (Phi) is 5.51. The molecule has 1 amide bonds. The molecule has 0 aliphatic heterocycles. The Hall–Kier alpha value is -1.39. The van der Waals surface area contributed by atoms with Crippen LogP contribution in [-0.2, 0) is 11.2 Å². The predicted molar refractivity (Wildman–Crippen MR) is 76.7 cm³/mol. The van der Waals surface area contributed by atoms with E-state index in [9.17, 15) is 9.90 Å². The van der Waals surface area contributed by atoms with Crippen molar-refractivity contribution in [3.05, 3.63) is 35.9 Å². The summed E-state index contributed by atoms with van der Waals surface area (Å²) in [7, 11) is 0. The highest BCUT2D eigenvalue weighted by Crippen LogP contribution is 2.08. The largest absolute Gasteiger partial charge is 0.389 e. The molecule has 4 heteroatoms. The first-order chi connectivity index (χ1) is 8.83. The summed E-state index contributed by atoms with van der Waals surface area (Å²) < 4.78 is 0. The lowest BCUT2D eigenvalue weighted by Gasteiger charge is -2.30. The van der Waals surface area contributed by atoms with E-state index in [0.717, 1.165) is 5.56 Å². The second-order valence-corrected chi connectivity index (χ2v) is 5.46. The first kappa shape index (κ1) is 15.7. The number of carbonyl (C=O) groups excluding carboxylic acids is 1. The molecule has 0 aromatic heterocycles. The fourth-order valence-corrected chi connectivity index (χ4v) is 2.00. The number of nitrogens with two attached hydrogens (primary N) is 1. The van der Waals surface area contributed by atoms with Gasteiger partial charge in [0.05, 0.1) is 11.6 Å². The Morgan fingerprint density at radius 1 is 1.37 bits per heavy atom. The smallest absolute Gasteiger partial charge is 0.239 e. The van der Waals surface area contributed by atoms with Gasteiger partial charge in [0, 0.05) is 13.1 Å². The summed E-state index contributed by atoms with van der Waals surface area (Å²) in [6, 6.07) is 9.15. The van der Waals surface area contributed by atoms with Crippen LogP contribution in [0.2, 0.25) is 0 Å². The molecule has 0 radical (unpaired) electrons. The van der Waals surface area contributed by atoms with Crippen LogP contribution in [0.15, 0.2) is 30.3 Å². The van der Waals surface area contributed by atoms with Crippen molar-refractivity contribution in [2.24, 2.45) is 5.73 Å². The van der Waals surface area contributed by atoms with Gasteiger partial charge in [0.15, 0.2) is 0 Å². The summed E-state index contributed by atoms with van der Waals surface area (Å²) >= 11 is 0. The number of hydrogen-bond donors (Lipinski definition) is 2. The third-order valence-electron chi connectivity index (χ3n) is 2.89. The van der Waals surface area contributed by atoms with Gasteiger partial charge in [-0.2, -0.15) is 0 Å². The molecule has 19 heavy (non-hydrogen) atoms. The molecule has 0 saturated carbocycles. The maximum atomic E-state index is 12.2. The van der Waals surface area contributed by atoms with Crippen LogP contribution in [0.3, 0.4) is 0 Å². The van der Waals surface area contributed by atoms with Crippen LogP contribution in [0.4, 0.5) is 0 Å². The van der Waals surface area contributed by atoms with Crippen LogP contribution in [0.25, 0.3) is 0 Å². The summed E-state index contributed by atoms with van der Waals surface area (Å²) in [4.78, 5) is 13.9. The van der Waals surface area contributed by atoms with Crippen molar-refractivity contribution in [3.63, 3.8) is 0 Å². The molecule has 0 unspecified atom stereocenters. The number of aliphatic hydroxyl groups is 1. The number of nitrogens with zero attached hydrogens (tertiary/aromatic N) is 1. The molecule has 0 spiro atoms. The molecule has 1 atom stereocenters. The minimum atomic E-state index is -0.905. The number of benzene rings is 1. The van der Waals surface area contributed by atoms with E-state index in [-0.39, 0.29) is 5.91 Å². The molecule has 4 nitrogen and oxygen atoms in total. The van der Waals surface area contributed by atoms with Gasteiger partial charge in [-0.3, -0.25) is 4.79 Å². The summed E-state index contributed by atoms with van der Waals surface area (Å²) in [5.74, 6) is -0.117. The molecule has 0 bridgehead atoms. The Balaban J connectivity index is 2.64. The average molecular weight is 264 g/mol. The van der Waals surface area contributed by atoms with Gasteiger partial charge in [-0.15, -0.1) is 0 Å². The lowest BCUT2D eigenvalue weighted by atomic mass is 10.0. The van der Waals surface area contributed by atoms with Crippen molar-refractivity contribution in [2.45, 2.75) is 38.8 Å². The van der Waals surface area contributed by atoms with E-state index in [0.29, 0.717) is 19.5 Å². The maximum Gasteiger partial charge on any atom is 0.239 e. The van der Waals surface area contributed by atoms with Gasteiger partial charge >= 0.3 is 0 Å². The molecule has 0 aliphatic carbocycles. The van der Waals surface area contributed by atoms with Gasteiger partial charge in [-0.05, 0) is 32.8 Å². The van der Waals surface area contributed by atoms with Crippen molar-refractivity contribution < 1.29 is 9.90 Å². The van der Waals surface area contributed by atoms with Crippen LogP contribution in [-0.4, -0.2) is 40.6 Å². The Labute approximate surface area is 115 Å². The van der Waals surface area contributed by atoms with Gasteiger partial charge in [-0.1, -0.05) is 30.3 Å². The van der Waals surface area contributed by atoms with Crippen LogP contribution in [0, 0.1) is 0 Å². The molecule has 1 aromatic rings. The lowest BCUT2D eigenvalue weighted by molar-refractivity contribution is -0.135. The Bertz CT molecular complexity index is 398. The monoisotopic (exact) mass is 264 g/mol. The Morgan fingerprint density at radius 2 is 1.95 bits per heavy atom. The zero-order valence-electron chi connectivity index (χ0n) is 12.0. The van der Waals surface area contributed by atoms with Gasteiger partial charge in [0.2, 0.25) is 5.91 Å². The van der Waals surface area contributed by atoms with E-state index in [1.165, 1.54) is 0 Å². The zero-order valence-corrected chi connectivity index (χ0v) is 12.0. The molecule has 0 saturated heterocycles. The van der Waals surface area contributed by atoms with E-state index in [2.05, 4.69) is 0 Å². The summed E-state index contributed by atoms with van der Waals surface area (Å²) in [6.07, 6.45) is 0.516. The van der Waals surface area contributed by atoms with E-state index in [1.54, 1.807) is 18.7 Å². The standard InChI is InChI=1S/C15H24N2O2/c1-4-17(11-15(2,3)19)14(18)13(16)10-12-8-6-5-7-9-12/h5-9,13,19H,4,10-11,16H2,1-3H3/t13-/m0/s1. The number of carbonyl (C=O) groups is 1. The number of hydrogen-bond acceptors (Lipinski definition) is 3. The van der Waals surface area contributed by atoms with Crippen LogP contribution >= 0.6 is 0 Å². The second kappa shape index (κ2) is 6.68. The average Bonchev–Trinajstić information content (AvgIpc) is 2.35. The van der Waals surface area contributed by atoms with Gasteiger partial charge in [-0.25, -0.2) is 0 Å². The summed E-state index contributed by atoms with van der Waals surface area (Å²) in [5, 5.41) is 9.80.